The van der Waals surface area contributed by atoms with E-state index >= 15 is 0 Å². The SMILES string of the molecule is CC.Nc1ccc(F)c(C(=O)O)c1. The normalized spacial score (nSPS) is 8.54. The number of benzene rings is 1. The fraction of sp³-hybridized carbons (Fsp3) is 0.222. The lowest BCUT2D eigenvalue weighted by Gasteiger charge is -1.97. The number of halogens is 1. The van der Waals surface area contributed by atoms with E-state index in [0.29, 0.717) is 0 Å². The quantitative estimate of drug-likeness (QED) is 0.659. The Morgan fingerprint density at radius 2 is 2.00 bits per heavy atom. The van der Waals surface area contributed by atoms with Crippen molar-refractivity contribution in [2.24, 2.45) is 0 Å². The summed E-state index contributed by atoms with van der Waals surface area (Å²) in [5, 5.41) is 8.39. The summed E-state index contributed by atoms with van der Waals surface area (Å²) in [6.45, 7) is 4.00. The molecule has 3 N–H and O–H groups in total. The Kier molecular flexibility index (Phi) is 4.51. The highest BCUT2D eigenvalue weighted by Gasteiger charge is 2.08. The third kappa shape index (κ3) is 3.11. The van der Waals surface area contributed by atoms with Crippen molar-refractivity contribution in [3.63, 3.8) is 0 Å². The van der Waals surface area contributed by atoms with Crippen molar-refractivity contribution in [1.82, 2.24) is 0 Å². The van der Waals surface area contributed by atoms with Crippen LogP contribution in [0.3, 0.4) is 0 Å². The zero-order chi connectivity index (χ0) is 10.4. The van der Waals surface area contributed by atoms with Gasteiger partial charge in [-0.2, -0.15) is 0 Å². The van der Waals surface area contributed by atoms with Crippen LogP contribution in [0.5, 0.6) is 0 Å². The Morgan fingerprint density at radius 3 is 2.38 bits per heavy atom. The van der Waals surface area contributed by atoms with Crippen LogP contribution in [0.1, 0.15) is 24.2 Å². The maximum absolute atomic E-state index is 12.6. The van der Waals surface area contributed by atoms with Gasteiger partial charge in [-0.05, 0) is 18.2 Å². The molecule has 13 heavy (non-hydrogen) atoms. The topological polar surface area (TPSA) is 63.3 Å². The van der Waals surface area contributed by atoms with Crippen LogP contribution < -0.4 is 5.73 Å². The predicted molar refractivity (Wildman–Crippen MR) is 49.1 cm³/mol. The van der Waals surface area contributed by atoms with Crippen molar-refractivity contribution in [3.8, 4) is 0 Å². The zero-order valence-electron chi connectivity index (χ0n) is 7.54. The van der Waals surface area contributed by atoms with E-state index in [1.807, 2.05) is 13.8 Å². The summed E-state index contributed by atoms with van der Waals surface area (Å²) in [4.78, 5) is 10.3. The molecule has 0 bridgehead atoms. The van der Waals surface area contributed by atoms with Crippen molar-refractivity contribution >= 4 is 11.7 Å². The van der Waals surface area contributed by atoms with Gasteiger partial charge in [-0.25, -0.2) is 9.18 Å². The first-order valence-electron chi connectivity index (χ1n) is 3.89. The molecule has 0 saturated heterocycles. The third-order valence-electron chi connectivity index (χ3n) is 1.22. The fourth-order valence-corrected chi connectivity index (χ4v) is 0.707. The second-order valence-electron chi connectivity index (χ2n) is 2.04. The molecule has 3 nitrogen and oxygen atoms in total. The predicted octanol–water partition coefficient (Wildman–Crippen LogP) is 2.13. The van der Waals surface area contributed by atoms with Gasteiger partial charge in [-0.3, -0.25) is 0 Å². The van der Waals surface area contributed by atoms with Crippen LogP contribution in [0.25, 0.3) is 0 Å². The Labute approximate surface area is 76.0 Å². The number of rotatable bonds is 1. The lowest BCUT2D eigenvalue weighted by molar-refractivity contribution is 0.0692. The highest BCUT2D eigenvalue weighted by molar-refractivity contribution is 5.88. The second kappa shape index (κ2) is 5.13. The van der Waals surface area contributed by atoms with Gasteiger partial charge >= 0.3 is 5.97 Å². The van der Waals surface area contributed by atoms with Gasteiger partial charge in [0.05, 0.1) is 5.56 Å². The molecule has 0 saturated carbocycles. The number of carboxylic acid groups (broad SMARTS) is 1. The molecule has 72 valence electrons. The molecule has 1 aromatic carbocycles. The number of nitrogen functional groups attached to an aromatic ring is 1. The monoisotopic (exact) mass is 185 g/mol. The molecule has 0 aliphatic heterocycles. The number of nitrogens with two attached hydrogens (primary N) is 1. The summed E-state index contributed by atoms with van der Waals surface area (Å²) in [5.74, 6) is -2.08. The van der Waals surface area contributed by atoms with Crippen molar-refractivity contribution in [1.29, 1.82) is 0 Å². The summed E-state index contributed by atoms with van der Waals surface area (Å²) in [5.41, 5.74) is 5.08. The second-order valence-corrected chi connectivity index (χ2v) is 2.04. The summed E-state index contributed by atoms with van der Waals surface area (Å²) in [6, 6.07) is 3.41. The molecule has 0 aliphatic rings. The minimum Gasteiger partial charge on any atom is -0.478 e. The summed E-state index contributed by atoms with van der Waals surface area (Å²) >= 11 is 0. The number of carboxylic acids is 1. The summed E-state index contributed by atoms with van der Waals surface area (Å²) < 4.78 is 12.6. The van der Waals surface area contributed by atoms with E-state index in [2.05, 4.69) is 0 Å². The molecule has 0 aromatic heterocycles. The highest BCUT2D eigenvalue weighted by Crippen LogP contribution is 2.11. The fourth-order valence-electron chi connectivity index (χ4n) is 0.707. The van der Waals surface area contributed by atoms with Gasteiger partial charge in [0.1, 0.15) is 5.82 Å². The first-order valence-corrected chi connectivity index (χ1v) is 3.89. The molecule has 0 unspecified atom stereocenters. The van der Waals surface area contributed by atoms with Crippen molar-refractivity contribution < 1.29 is 14.3 Å². The number of anilines is 1. The third-order valence-corrected chi connectivity index (χ3v) is 1.22. The van der Waals surface area contributed by atoms with Crippen molar-refractivity contribution in [2.45, 2.75) is 13.8 Å². The van der Waals surface area contributed by atoms with Crippen LogP contribution >= 0.6 is 0 Å². The van der Waals surface area contributed by atoms with E-state index in [-0.39, 0.29) is 5.69 Å². The van der Waals surface area contributed by atoms with Crippen LogP contribution in [-0.2, 0) is 0 Å². The minimum absolute atomic E-state index is 0.240. The van der Waals surface area contributed by atoms with E-state index < -0.39 is 17.3 Å². The lowest BCUT2D eigenvalue weighted by atomic mass is 10.2. The maximum Gasteiger partial charge on any atom is 0.338 e. The average Bonchev–Trinajstić information content (AvgIpc) is 2.12. The van der Waals surface area contributed by atoms with E-state index in [0.717, 1.165) is 12.1 Å². The van der Waals surface area contributed by atoms with Gasteiger partial charge in [-0.15, -0.1) is 0 Å². The summed E-state index contributed by atoms with van der Waals surface area (Å²) in [6.07, 6.45) is 0. The molecule has 0 atom stereocenters. The molecular weight excluding hydrogens is 173 g/mol. The van der Waals surface area contributed by atoms with E-state index in [1.165, 1.54) is 6.07 Å². The molecule has 1 rings (SSSR count). The maximum atomic E-state index is 12.6. The van der Waals surface area contributed by atoms with Gasteiger partial charge in [-0.1, -0.05) is 13.8 Å². The van der Waals surface area contributed by atoms with Gasteiger partial charge in [0.2, 0.25) is 0 Å². The van der Waals surface area contributed by atoms with Gasteiger partial charge in [0.25, 0.3) is 0 Å². The van der Waals surface area contributed by atoms with Gasteiger partial charge < -0.3 is 10.8 Å². The largest absolute Gasteiger partial charge is 0.478 e. The molecule has 0 amide bonds. The number of aromatic carboxylic acids is 1. The highest BCUT2D eigenvalue weighted by atomic mass is 19.1. The van der Waals surface area contributed by atoms with Crippen LogP contribution in [0.4, 0.5) is 10.1 Å². The van der Waals surface area contributed by atoms with Gasteiger partial charge in [0.15, 0.2) is 0 Å². The molecule has 0 spiro atoms. The number of carbonyl (C=O) groups is 1. The minimum atomic E-state index is -1.31. The molecule has 0 fully saturated rings. The van der Waals surface area contributed by atoms with E-state index in [9.17, 15) is 9.18 Å². The lowest BCUT2D eigenvalue weighted by Crippen LogP contribution is -2.01. The average molecular weight is 185 g/mol. The smallest absolute Gasteiger partial charge is 0.338 e. The summed E-state index contributed by atoms with van der Waals surface area (Å²) in [7, 11) is 0. The molecular formula is C9H12FNO2. The Morgan fingerprint density at radius 1 is 1.46 bits per heavy atom. The molecule has 0 aliphatic carbocycles. The standard InChI is InChI=1S/C7H6FNO2.C2H6/c8-6-2-1-4(9)3-5(6)7(10)11;1-2/h1-3H,9H2,(H,10,11);1-2H3. The first kappa shape index (κ1) is 11.4. The van der Waals surface area contributed by atoms with Crippen LogP contribution in [0.2, 0.25) is 0 Å². The van der Waals surface area contributed by atoms with Gasteiger partial charge in [0, 0.05) is 5.69 Å². The Balaban J connectivity index is 0.000000671. The number of hydrogen-bond donors (Lipinski definition) is 2. The number of hydrogen-bond acceptors (Lipinski definition) is 2. The zero-order valence-corrected chi connectivity index (χ0v) is 7.54. The van der Waals surface area contributed by atoms with Crippen molar-refractivity contribution in [2.75, 3.05) is 5.73 Å². The molecule has 1 aromatic rings. The van der Waals surface area contributed by atoms with Crippen LogP contribution in [-0.4, -0.2) is 11.1 Å². The molecule has 0 radical (unpaired) electrons. The molecule has 4 heteroatoms. The van der Waals surface area contributed by atoms with Crippen LogP contribution in [0.15, 0.2) is 18.2 Å². The Bertz CT molecular complexity index is 300. The Hall–Kier alpha value is -1.58. The molecule has 0 heterocycles. The first-order chi connectivity index (χ1) is 6.11. The van der Waals surface area contributed by atoms with Crippen molar-refractivity contribution in [3.05, 3.63) is 29.6 Å². The van der Waals surface area contributed by atoms with Crippen LogP contribution in [0, 0.1) is 5.82 Å². The van der Waals surface area contributed by atoms with E-state index in [4.69, 9.17) is 10.8 Å². The van der Waals surface area contributed by atoms with E-state index in [1.54, 1.807) is 0 Å².